The molecule has 108 valence electrons. The number of benzene rings is 1. The molecule has 1 aliphatic rings. The molecule has 0 saturated carbocycles. The molecule has 21 heavy (non-hydrogen) atoms. The van der Waals surface area contributed by atoms with E-state index in [1.54, 1.807) is 6.20 Å². The van der Waals surface area contributed by atoms with Gasteiger partial charge in [0.15, 0.2) is 5.82 Å². The number of anilines is 1. The van der Waals surface area contributed by atoms with Gasteiger partial charge in [0.05, 0.1) is 17.3 Å². The number of carboxylic acid groups (broad SMARTS) is 1. The molecule has 0 saturated heterocycles. The van der Waals surface area contributed by atoms with Crippen molar-refractivity contribution in [2.45, 2.75) is 26.3 Å². The van der Waals surface area contributed by atoms with Gasteiger partial charge in [0.2, 0.25) is 0 Å². The van der Waals surface area contributed by atoms with Crippen LogP contribution in [0.2, 0.25) is 0 Å². The number of hydrogen-bond acceptors (Lipinski definition) is 4. The Morgan fingerprint density at radius 2 is 2.10 bits per heavy atom. The highest BCUT2D eigenvalue weighted by molar-refractivity contribution is 5.78. The summed E-state index contributed by atoms with van der Waals surface area (Å²) in [5, 5.41) is 9.51. The third-order valence-electron chi connectivity index (χ3n) is 3.84. The minimum absolute atomic E-state index is 0.422. The van der Waals surface area contributed by atoms with Crippen molar-refractivity contribution in [3.8, 4) is 0 Å². The van der Waals surface area contributed by atoms with E-state index >= 15 is 0 Å². The number of nitrogens with zero attached hydrogens (tertiary/aromatic N) is 3. The number of rotatable bonds is 2. The lowest BCUT2D eigenvalue weighted by atomic mass is 9.90. The molecule has 0 aliphatic carbocycles. The summed E-state index contributed by atoms with van der Waals surface area (Å²) in [6.45, 7) is 4.88. The summed E-state index contributed by atoms with van der Waals surface area (Å²) >= 11 is 0. The zero-order chi connectivity index (χ0) is 15.0. The first-order valence-corrected chi connectivity index (χ1v) is 6.92. The monoisotopic (exact) mass is 283 g/mol. The molecule has 1 unspecified atom stereocenters. The zero-order valence-corrected chi connectivity index (χ0v) is 12.1. The molecule has 1 aromatic heterocycles. The van der Waals surface area contributed by atoms with Gasteiger partial charge in [-0.1, -0.05) is 24.3 Å². The van der Waals surface area contributed by atoms with Crippen LogP contribution in [-0.4, -0.2) is 27.6 Å². The average molecular weight is 283 g/mol. The van der Waals surface area contributed by atoms with Gasteiger partial charge in [-0.3, -0.25) is 9.78 Å². The van der Waals surface area contributed by atoms with Crippen molar-refractivity contribution in [3.63, 3.8) is 0 Å². The fourth-order valence-electron chi connectivity index (χ4n) is 2.80. The molecule has 1 N–H and O–H groups in total. The topological polar surface area (TPSA) is 66.3 Å². The van der Waals surface area contributed by atoms with E-state index in [4.69, 9.17) is 0 Å². The summed E-state index contributed by atoms with van der Waals surface area (Å²) in [5.41, 5.74) is 3.60. The van der Waals surface area contributed by atoms with Gasteiger partial charge in [0.1, 0.15) is 0 Å². The number of carbonyl (C=O) groups is 1. The highest BCUT2D eigenvalue weighted by atomic mass is 16.4. The van der Waals surface area contributed by atoms with Crippen molar-refractivity contribution in [1.82, 2.24) is 9.97 Å². The number of carboxylic acids is 1. The van der Waals surface area contributed by atoms with Crippen LogP contribution in [0.4, 0.5) is 5.82 Å². The fraction of sp³-hybridized carbons (Fsp3) is 0.312. The number of aromatic nitrogens is 2. The van der Waals surface area contributed by atoms with Gasteiger partial charge in [-0.05, 0) is 25.0 Å². The van der Waals surface area contributed by atoms with Crippen molar-refractivity contribution in [2.24, 2.45) is 0 Å². The predicted molar refractivity (Wildman–Crippen MR) is 79.4 cm³/mol. The molecule has 1 aliphatic heterocycles. The Balaban J connectivity index is 2.04. The Hall–Kier alpha value is -2.43. The maximum Gasteiger partial charge on any atom is 0.312 e. The molecule has 1 atom stereocenters. The number of aryl methyl sites for hydroxylation is 2. The lowest BCUT2D eigenvalue weighted by molar-refractivity contribution is -0.138. The van der Waals surface area contributed by atoms with Crippen molar-refractivity contribution >= 4 is 11.8 Å². The average Bonchev–Trinajstić information content (AvgIpc) is 2.48. The van der Waals surface area contributed by atoms with Crippen LogP contribution in [0.1, 0.15) is 28.4 Å². The molecule has 2 heterocycles. The summed E-state index contributed by atoms with van der Waals surface area (Å²) in [5.74, 6) is -0.558. The Morgan fingerprint density at radius 1 is 1.33 bits per heavy atom. The molecule has 2 aromatic rings. The zero-order valence-electron chi connectivity index (χ0n) is 12.1. The lowest BCUT2D eigenvalue weighted by Crippen LogP contribution is -2.37. The number of fused-ring (bicyclic) bond motifs is 1. The van der Waals surface area contributed by atoms with E-state index < -0.39 is 11.9 Å². The van der Waals surface area contributed by atoms with Crippen LogP contribution in [0.25, 0.3) is 0 Å². The minimum atomic E-state index is -0.801. The maximum atomic E-state index is 11.6. The van der Waals surface area contributed by atoms with Crippen LogP contribution >= 0.6 is 0 Å². The van der Waals surface area contributed by atoms with Crippen LogP contribution in [0.15, 0.2) is 30.5 Å². The minimum Gasteiger partial charge on any atom is -0.481 e. The third-order valence-corrected chi connectivity index (χ3v) is 3.84. The number of aliphatic carboxylic acids is 1. The molecule has 1 aromatic carbocycles. The molecule has 0 bridgehead atoms. The normalized spacial score (nSPS) is 17.4. The van der Waals surface area contributed by atoms with Gasteiger partial charge in [-0.25, -0.2) is 4.98 Å². The van der Waals surface area contributed by atoms with Crippen LogP contribution in [0, 0.1) is 13.8 Å². The molecule has 0 amide bonds. The summed E-state index contributed by atoms with van der Waals surface area (Å²) in [4.78, 5) is 22.5. The molecule has 0 fully saturated rings. The molecule has 3 rings (SSSR count). The van der Waals surface area contributed by atoms with E-state index in [2.05, 4.69) is 9.97 Å². The van der Waals surface area contributed by atoms with E-state index in [0.717, 1.165) is 28.3 Å². The van der Waals surface area contributed by atoms with Gasteiger partial charge in [-0.15, -0.1) is 0 Å². The van der Waals surface area contributed by atoms with E-state index in [0.29, 0.717) is 13.1 Å². The van der Waals surface area contributed by atoms with Crippen LogP contribution in [-0.2, 0) is 11.3 Å². The summed E-state index contributed by atoms with van der Waals surface area (Å²) in [7, 11) is 0. The molecular weight excluding hydrogens is 266 g/mol. The van der Waals surface area contributed by atoms with E-state index in [1.165, 1.54) is 0 Å². The fourth-order valence-corrected chi connectivity index (χ4v) is 2.80. The molecule has 5 heteroatoms. The van der Waals surface area contributed by atoms with Crippen molar-refractivity contribution in [3.05, 3.63) is 53.0 Å². The second-order valence-corrected chi connectivity index (χ2v) is 5.39. The third kappa shape index (κ3) is 2.46. The van der Waals surface area contributed by atoms with Gasteiger partial charge < -0.3 is 10.0 Å². The standard InChI is InChI=1S/C16H17N3O2/c1-10-7-17-11(2)15(18-10)19-8-12-5-3-4-6-13(12)14(9-19)16(20)21/h3-7,14H,8-9H2,1-2H3,(H,20,21). The first-order valence-electron chi connectivity index (χ1n) is 6.92. The summed E-state index contributed by atoms with van der Waals surface area (Å²) < 4.78 is 0. The smallest absolute Gasteiger partial charge is 0.312 e. The van der Waals surface area contributed by atoms with Crippen LogP contribution < -0.4 is 4.90 Å². The van der Waals surface area contributed by atoms with Gasteiger partial charge >= 0.3 is 5.97 Å². The molecule has 0 radical (unpaired) electrons. The quantitative estimate of drug-likeness (QED) is 0.916. The highest BCUT2D eigenvalue weighted by Gasteiger charge is 2.31. The maximum absolute atomic E-state index is 11.6. The first kappa shape index (κ1) is 13.5. The molecule has 0 spiro atoms. The predicted octanol–water partition coefficient (Wildman–Crippen LogP) is 2.28. The Bertz CT molecular complexity index is 700. The number of hydrogen-bond donors (Lipinski definition) is 1. The van der Waals surface area contributed by atoms with Crippen LogP contribution in [0.5, 0.6) is 0 Å². The Labute approximate surface area is 123 Å². The van der Waals surface area contributed by atoms with E-state index in [1.807, 2.05) is 43.0 Å². The van der Waals surface area contributed by atoms with E-state index in [-0.39, 0.29) is 0 Å². The summed E-state index contributed by atoms with van der Waals surface area (Å²) in [6.07, 6.45) is 1.73. The Morgan fingerprint density at radius 3 is 2.86 bits per heavy atom. The van der Waals surface area contributed by atoms with Crippen molar-refractivity contribution < 1.29 is 9.90 Å². The second-order valence-electron chi connectivity index (χ2n) is 5.39. The van der Waals surface area contributed by atoms with Gasteiger partial charge in [0.25, 0.3) is 0 Å². The van der Waals surface area contributed by atoms with Gasteiger partial charge in [0, 0.05) is 19.3 Å². The largest absolute Gasteiger partial charge is 0.481 e. The molecular formula is C16H17N3O2. The molecule has 5 nitrogen and oxygen atoms in total. The van der Waals surface area contributed by atoms with Crippen molar-refractivity contribution in [2.75, 3.05) is 11.4 Å². The first-order chi connectivity index (χ1) is 10.1. The van der Waals surface area contributed by atoms with Crippen molar-refractivity contribution in [1.29, 1.82) is 0 Å². The Kier molecular flexibility index (Phi) is 3.33. The highest BCUT2D eigenvalue weighted by Crippen LogP contribution is 2.31. The van der Waals surface area contributed by atoms with Crippen LogP contribution in [0.3, 0.4) is 0 Å². The van der Waals surface area contributed by atoms with E-state index in [9.17, 15) is 9.90 Å². The lowest BCUT2D eigenvalue weighted by Gasteiger charge is -2.34. The van der Waals surface area contributed by atoms with Gasteiger partial charge in [-0.2, -0.15) is 0 Å². The second kappa shape index (κ2) is 5.16. The summed E-state index contributed by atoms with van der Waals surface area (Å²) in [6, 6.07) is 7.72. The SMILES string of the molecule is Cc1cnc(C)c(N2Cc3ccccc3C(C(=O)O)C2)n1.